The fraction of sp³-hybridized carbons (Fsp3) is 0.357. The van der Waals surface area contributed by atoms with E-state index < -0.39 is 0 Å². The van der Waals surface area contributed by atoms with Gasteiger partial charge in [-0.05, 0) is 18.4 Å². The first kappa shape index (κ1) is 11.8. The van der Waals surface area contributed by atoms with Crippen molar-refractivity contribution in [3.63, 3.8) is 0 Å². The molecule has 0 aliphatic carbocycles. The van der Waals surface area contributed by atoms with E-state index in [1.165, 1.54) is 5.56 Å². The van der Waals surface area contributed by atoms with E-state index in [0.29, 0.717) is 5.92 Å². The molecule has 1 rings (SSSR count). The van der Waals surface area contributed by atoms with E-state index in [1.807, 2.05) is 12.1 Å². The van der Waals surface area contributed by atoms with Gasteiger partial charge in [0, 0.05) is 11.5 Å². The average Bonchev–Trinajstić information content (AvgIpc) is 2.26. The van der Waals surface area contributed by atoms with Crippen molar-refractivity contribution in [2.75, 3.05) is 7.11 Å². The van der Waals surface area contributed by atoms with Crippen LogP contribution in [0.5, 0.6) is 5.75 Å². The van der Waals surface area contributed by atoms with Gasteiger partial charge in [-0.15, -0.1) is 6.58 Å². The molecule has 0 amide bonds. The van der Waals surface area contributed by atoms with Crippen molar-refractivity contribution >= 4 is 0 Å². The lowest BCUT2D eigenvalue weighted by Gasteiger charge is -2.18. The summed E-state index contributed by atoms with van der Waals surface area (Å²) >= 11 is 0. The Hall–Kier alpha value is -1.24. The van der Waals surface area contributed by atoms with Gasteiger partial charge in [0.2, 0.25) is 0 Å². The van der Waals surface area contributed by atoms with Crippen LogP contribution < -0.4 is 4.74 Å². The Morgan fingerprint density at radius 1 is 1.27 bits per heavy atom. The Bertz CT molecular complexity index is 339. The zero-order valence-electron chi connectivity index (χ0n) is 9.79. The second-order valence-corrected chi connectivity index (χ2v) is 3.97. The number of benzene rings is 1. The predicted octanol–water partition coefficient (Wildman–Crippen LogP) is 3.92. The highest BCUT2D eigenvalue weighted by molar-refractivity contribution is 5.46. The molecule has 0 saturated carbocycles. The lowest BCUT2D eigenvalue weighted by Crippen LogP contribution is -2.00. The topological polar surface area (TPSA) is 9.23 Å². The number of hydrogen-bond acceptors (Lipinski definition) is 1. The smallest absolute Gasteiger partial charge is 0.126 e. The van der Waals surface area contributed by atoms with E-state index in [-0.39, 0.29) is 5.92 Å². The summed E-state index contributed by atoms with van der Waals surface area (Å²) in [5, 5.41) is 0. The minimum Gasteiger partial charge on any atom is -0.496 e. The fourth-order valence-corrected chi connectivity index (χ4v) is 1.68. The van der Waals surface area contributed by atoms with Crippen LogP contribution in [0.2, 0.25) is 0 Å². The van der Waals surface area contributed by atoms with Gasteiger partial charge in [-0.3, -0.25) is 0 Å². The van der Waals surface area contributed by atoms with Crippen LogP contribution in [0.25, 0.3) is 0 Å². The zero-order valence-corrected chi connectivity index (χ0v) is 9.79. The first-order valence-electron chi connectivity index (χ1n) is 5.24. The van der Waals surface area contributed by atoms with Crippen LogP contribution in [0.1, 0.15) is 36.8 Å². The summed E-state index contributed by atoms with van der Waals surface area (Å²) in [5.41, 5.74) is 2.34. The average molecular weight is 203 g/mol. The number of allylic oxidation sites excluding steroid dienone is 1. The Balaban J connectivity index is 3.27. The van der Waals surface area contributed by atoms with Gasteiger partial charge in [-0.25, -0.2) is 0 Å². The van der Waals surface area contributed by atoms with Crippen molar-refractivity contribution in [3.8, 4) is 5.75 Å². The lowest BCUT2D eigenvalue weighted by molar-refractivity contribution is 0.402. The molecule has 1 aromatic carbocycles. The molecule has 1 radical (unpaired) electrons. The monoisotopic (exact) mass is 203 g/mol. The molecule has 1 atom stereocenters. The highest BCUT2D eigenvalue weighted by Gasteiger charge is 2.14. The Kier molecular flexibility index (Phi) is 3.96. The van der Waals surface area contributed by atoms with Gasteiger partial charge in [0.25, 0.3) is 0 Å². The lowest BCUT2D eigenvalue weighted by atomic mass is 9.93. The predicted molar refractivity (Wildman–Crippen MR) is 65.4 cm³/mol. The van der Waals surface area contributed by atoms with Crippen LogP contribution >= 0.6 is 0 Å². The molecular formula is C14H19O. The SMILES string of the molecule is [CH2]C(C=C)c1cccc(C(C)C)c1OC. The van der Waals surface area contributed by atoms with Gasteiger partial charge < -0.3 is 4.74 Å². The van der Waals surface area contributed by atoms with Crippen LogP contribution in [0.3, 0.4) is 0 Å². The van der Waals surface area contributed by atoms with Gasteiger partial charge in [0.05, 0.1) is 7.11 Å². The van der Waals surface area contributed by atoms with Crippen molar-refractivity contribution in [1.29, 1.82) is 0 Å². The molecule has 1 aromatic rings. The highest BCUT2D eigenvalue weighted by Crippen LogP contribution is 2.34. The molecule has 0 aliphatic rings. The summed E-state index contributed by atoms with van der Waals surface area (Å²) in [6, 6.07) is 6.20. The third-order valence-electron chi connectivity index (χ3n) is 2.59. The summed E-state index contributed by atoms with van der Waals surface area (Å²) in [4.78, 5) is 0. The van der Waals surface area contributed by atoms with E-state index in [1.54, 1.807) is 7.11 Å². The number of ether oxygens (including phenoxy) is 1. The first-order chi connectivity index (χ1) is 7.11. The standard InChI is InChI=1S/C14H19O/c1-6-11(4)13-9-7-8-12(10(2)3)14(13)15-5/h6-11H,1,4H2,2-3,5H3. The molecule has 0 bridgehead atoms. The molecule has 0 aromatic heterocycles. The second-order valence-electron chi connectivity index (χ2n) is 3.97. The van der Waals surface area contributed by atoms with Crippen molar-refractivity contribution in [2.24, 2.45) is 0 Å². The van der Waals surface area contributed by atoms with Gasteiger partial charge in [-0.1, -0.05) is 38.1 Å². The Morgan fingerprint density at radius 3 is 2.33 bits per heavy atom. The Morgan fingerprint density at radius 2 is 1.87 bits per heavy atom. The molecule has 0 fully saturated rings. The van der Waals surface area contributed by atoms with Crippen molar-refractivity contribution in [1.82, 2.24) is 0 Å². The third-order valence-corrected chi connectivity index (χ3v) is 2.59. The zero-order chi connectivity index (χ0) is 11.4. The highest BCUT2D eigenvalue weighted by atomic mass is 16.5. The molecule has 1 nitrogen and oxygen atoms in total. The van der Waals surface area contributed by atoms with Crippen LogP contribution in [0, 0.1) is 6.92 Å². The molecule has 81 valence electrons. The third kappa shape index (κ3) is 2.41. The van der Waals surface area contributed by atoms with Crippen molar-refractivity contribution in [3.05, 3.63) is 48.9 Å². The normalized spacial score (nSPS) is 12.6. The van der Waals surface area contributed by atoms with E-state index in [9.17, 15) is 0 Å². The maximum absolute atomic E-state index is 5.47. The summed E-state index contributed by atoms with van der Waals surface area (Å²) in [6.45, 7) is 12.1. The fourth-order valence-electron chi connectivity index (χ4n) is 1.68. The van der Waals surface area contributed by atoms with Crippen molar-refractivity contribution in [2.45, 2.75) is 25.7 Å². The van der Waals surface area contributed by atoms with Gasteiger partial charge in [0.1, 0.15) is 5.75 Å². The minimum atomic E-state index is 0.0821. The van der Waals surface area contributed by atoms with Gasteiger partial charge in [0.15, 0.2) is 0 Å². The molecule has 0 aliphatic heterocycles. The summed E-state index contributed by atoms with van der Waals surface area (Å²) < 4.78 is 5.47. The summed E-state index contributed by atoms with van der Waals surface area (Å²) in [5.74, 6) is 1.49. The molecular weight excluding hydrogens is 184 g/mol. The van der Waals surface area contributed by atoms with E-state index >= 15 is 0 Å². The van der Waals surface area contributed by atoms with Gasteiger partial charge >= 0.3 is 0 Å². The molecule has 15 heavy (non-hydrogen) atoms. The second kappa shape index (κ2) is 5.01. The number of rotatable bonds is 4. The molecule has 1 unspecified atom stereocenters. The maximum atomic E-state index is 5.47. The molecule has 0 N–H and O–H groups in total. The molecule has 1 heteroatoms. The van der Waals surface area contributed by atoms with E-state index in [4.69, 9.17) is 4.74 Å². The number of para-hydroxylation sites is 1. The van der Waals surface area contributed by atoms with E-state index in [0.717, 1.165) is 11.3 Å². The minimum absolute atomic E-state index is 0.0821. The van der Waals surface area contributed by atoms with Crippen LogP contribution in [0.15, 0.2) is 30.9 Å². The maximum Gasteiger partial charge on any atom is 0.126 e. The number of methoxy groups -OCH3 is 1. The summed E-state index contributed by atoms with van der Waals surface area (Å²) in [6.07, 6.45) is 1.84. The van der Waals surface area contributed by atoms with E-state index in [2.05, 4.69) is 39.5 Å². The van der Waals surface area contributed by atoms with Gasteiger partial charge in [-0.2, -0.15) is 0 Å². The van der Waals surface area contributed by atoms with Crippen molar-refractivity contribution < 1.29 is 4.74 Å². The molecule has 0 spiro atoms. The number of hydrogen-bond donors (Lipinski definition) is 0. The molecule has 0 saturated heterocycles. The quantitative estimate of drug-likeness (QED) is 0.674. The first-order valence-corrected chi connectivity index (χ1v) is 5.24. The van der Waals surface area contributed by atoms with Crippen LogP contribution in [-0.4, -0.2) is 7.11 Å². The van der Waals surface area contributed by atoms with Crippen LogP contribution in [-0.2, 0) is 0 Å². The Labute approximate surface area is 92.8 Å². The summed E-state index contributed by atoms with van der Waals surface area (Å²) in [7, 11) is 1.71. The van der Waals surface area contributed by atoms with Crippen LogP contribution in [0.4, 0.5) is 0 Å². The largest absolute Gasteiger partial charge is 0.496 e. The molecule has 0 heterocycles.